The molecule has 1 aliphatic rings. The largest absolute Gasteiger partial charge is 0.393 e. The molecule has 7 nitrogen and oxygen atoms in total. The van der Waals surface area contributed by atoms with Gasteiger partial charge in [0.05, 0.1) is 12.3 Å². The number of nitriles is 1. The van der Waals surface area contributed by atoms with Crippen LogP contribution in [0.25, 0.3) is 0 Å². The van der Waals surface area contributed by atoms with E-state index in [0.29, 0.717) is 12.8 Å². The van der Waals surface area contributed by atoms with Crippen LogP contribution in [0.5, 0.6) is 0 Å². The lowest BCUT2D eigenvalue weighted by Crippen LogP contribution is -2.29. The van der Waals surface area contributed by atoms with Crippen LogP contribution >= 0.6 is 0 Å². The summed E-state index contributed by atoms with van der Waals surface area (Å²) in [6, 6.07) is 2.02. The van der Waals surface area contributed by atoms with E-state index in [9.17, 15) is 13.5 Å². The molecular formula is C12H16N4O3S. The van der Waals surface area contributed by atoms with Crippen LogP contribution in [0, 0.1) is 11.3 Å². The third-order valence-corrected chi connectivity index (χ3v) is 4.12. The Hall–Kier alpha value is -1.72. The maximum absolute atomic E-state index is 11.5. The van der Waals surface area contributed by atoms with Gasteiger partial charge in [-0.3, -0.25) is 0 Å². The molecule has 0 radical (unpaired) electrons. The number of nitrogens with one attached hydrogen (secondary N) is 1. The minimum Gasteiger partial charge on any atom is -0.393 e. The summed E-state index contributed by atoms with van der Waals surface area (Å²) in [5.41, 5.74) is 0.212. The average molecular weight is 296 g/mol. The summed E-state index contributed by atoms with van der Waals surface area (Å²) in [4.78, 5) is 7.62. The Morgan fingerprint density at radius 1 is 1.40 bits per heavy atom. The first kappa shape index (κ1) is 14.7. The van der Waals surface area contributed by atoms with E-state index in [4.69, 9.17) is 5.26 Å². The first-order valence-corrected chi connectivity index (χ1v) is 8.21. The molecule has 0 aromatic carbocycles. The highest BCUT2D eigenvalue weighted by Crippen LogP contribution is 2.23. The summed E-state index contributed by atoms with van der Waals surface area (Å²) in [6.07, 6.45) is 4.83. The number of nitrogens with zero attached hydrogens (tertiary/aromatic N) is 3. The Bertz CT molecular complexity index is 631. The molecule has 2 N–H and O–H groups in total. The van der Waals surface area contributed by atoms with Gasteiger partial charge in [0.1, 0.15) is 17.5 Å². The van der Waals surface area contributed by atoms with Gasteiger partial charge in [0.2, 0.25) is 15.0 Å². The molecule has 1 aromatic rings. The van der Waals surface area contributed by atoms with Gasteiger partial charge < -0.3 is 10.4 Å². The van der Waals surface area contributed by atoms with Crippen LogP contribution in [0.2, 0.25) is 0 Å². The number of anilines is 1. The standard InChI is InChI=1S/C12H16N4O3S/c1-20(18,19)12-14-7-8(6-13)11(16-12)15-9-2-4-10(17)5-3-9/h7,9-10,17H,2-5H2,1H3,(H,14,15,16)/t9-,10-. The zero-order valence-electron chi connectivity index (χ0n) is 11.1. The fourth-order valence-electron chi connectivity index (χ4n) is 2.15. The molecule has 1 aliphatic carbocycles. The molecule has 108 valence electrons. The number of hydrogen-bond donors (Lipinski definition) is 2. The second-order valence-electron chi connectivity index (χ2n) is 4.95. The molecule has 0 bridgehead atoms. The third kappa shape index (κ3) is 3.43. The summed E-state index contributed by atoms with van der Waals surface area (Å²) in [7, 11) is -3.51. The first-order valence-electron chi connectivity index (χ1n) is 6.32. The molecule has 2 rings (SSSR count). The van der Waals surface area contributed by atoms with Crippen molar-refractivity contribution >= 4 is 15.7 Å². The Morgan fingerprint density at radius 3 is 2.60 bits per heavy atom. The lowest BCUT2D eigenvalue weighted by atomic mass is 9.93. The molecule has 0 saturated heterocycles. The lowest BCUT2D eigenvalue weighted by molar-refractivity contribution is 0.126. The van der Waals surface area contributed by atoms with Crippen molar-refractivity contribution < 1.29 is 13.5 Å². The highest BCUT2D eigenvalue weighted by atomic mass is 32.2. The van der Waals surface area contributed by atoms with Crippen LogP contribution in [-0.2, 0) is 9.84 Å². The minimum atomic E-state index is -3.51. The van der Waals surface area contributed by atoms with Crippen LogP contribution in [0.1, 0.15) is 31.2 Å². The number of sulfone groups is 1. The van der Waals surface area contributed by atoms with Gasteiger partial charge in [-0.05, 0) is 25.7 Å². The maximum Gasteiger partial charge on any atom is 0.248 e. The van der Waals surface area contributed by atoms with E-state index in [0.717, 1.165) is 19.1 Å². The minimum absolute atomic E-state index is 0.0767. The van der Waals surface area contributed by atoms with E-state index >= 15 is 0 Å². The van der Waals surface area contributed by atoms with Gasteiger partial charge >= 0.3 is 0 Å². The van der Waals surface area contributed by atoms with E-state index in [1.54, 1.807) is 0 Å². The van der Waals surface area contributed by atoms with Crippen molar-refractivity contribution in [1.82, 2.24) is 9.97 Å². The van der Waals surface area contributed by atoms with Crippen molar-refractivity contribution in [2.75, 3.05) is 11.6 Å². The fourth-order valence-corrected chi connectivity index (χ4v) is 2.65. The van der Waals surface area contributed by atoms with Gasteiger partial charge in [-0.1, -0.05) is 0 Å². The highest BCUT2D eigenvalue weighted by molar-refractivity contribution is 7.90. The van der Waals surface area contributed by atoms with Crippen LogP contribution in [0.15, 0.2) is 11.4 Å². The normalized spacial score (nSPS) is 23.1. The SMILES string of the molecule is CS(=O)(=O)c1ncc(C#N)c(N[C@H]2CC[C@H](O)CC2)n1. The number of rotatable bonds is 3. The summed E-state index contributed by atoms with van der Waals surface area (Å²) in [5.74, 6) is 0.240. The molecule has 20 heavy (non-hydrogen) atoms. The van der Waals surface area contributed by atoms with E-state index in [2.05, 4.69) is 15.3 Å². The third-order valence-electron chi connectivity index (χ3n) is 3.26. The summed E-state index contributed by atoms with van der Waals surface area (Å²) in [5, 5.41) is 21.3. The Labute approximate surface area is 117 Å². The maximum atomic E-state index is 11.5. The molecule has 0 unspecified atom stereocenters. The monoisotopic (exact) mass is 296 g/mol. The number of aliphatic hydroxyl groups is 1. The smallest absolute Gasteiger partial charge is 0.248 e. The van der Waals surface area contributed by atoms with Crippen molar-refractivity contribution in [3.05, 3.63) is 11.8 Å². The Morgan fingerprint density at radius 2 is 2.05 bits per heavy atom. The molecule has 1 fully saturated rings. The Balaban J connectivity index is 2.23. The van der Waals surface area contributed by atoms with Crippen LogP contribution in [-0.4, -0.2) is 41.9 Å². The average Bonchev–Trinajstić information content (AvgIpc) is 2.40. The van der Waals surface area contributed by atoms with Crippen molar-refractivity contribution in [2.24, 2.45) is 0 Å². The van der Waals surface area contributed by atoms with Gasteiger partial charge in [0, 0.05) is 12.3 Å². The van der Waals surface area contributed by atoms with Crippen molar-refractivity contribution in [3.8, 4) is 6.07 Å². The van der Waals surface area contributed by atoms with Crippen molar-refractivity contribution in [3.63, 3.8) is 0 Å². The highest BCUT2D eigenvalue weighted by Gasteiger charge is 2.22. The van der Waals surface area contributed by atoms with Gasteiger partial charge in [0.15, 0.2) is 0 Å². The summed E-state index contributed by atoms with van der Waals surface area (Å²) >= 11 is 0. The van der Waals surface area contributed by atoms with Crippen LogP contribution in [0.3, 0.4) is 0 Å². The molecule has 1 heterocycles. The molecule has 1 aromatic heterocycles. The topological polar surface area (TPSA) is 116 Å². The van der Waals surface area contributed by atoms with Crippen molar-refractivity contribution in [2.45, 2.75) is 43.0 Å². The zero-order valence-corrected chi connectivity index (χ0v) is 11.9. The second-order valence-corrected chi connectivity index (χ2v) is 6.86. The van der Waals surface area contributed by atoms with E-state index in [1.807, 2.05) is 6.07 Å². The predicted molar refractivity (Wildman–Crippen MR) is 71.7 cm³/mol. The number of aliphatic hydroxyl groups excluding tert-OH is 1. The van der Waals surface area contributed by atoms with Crippen LogP contribution < -0.4 is 5.32 Å². The first-order chi connectivity index (χ1) is 9.40. The molecule has 0 atom stereocenters. The second kappa shape index (κ2) is 5.73. The predicted octanol–water partition coefficient (Wildman–Crippen LogP) is 0.467. The molecule has 8 heteroatoms. The van der Waals surface area contributed by atoms with Gasteiger partial charge in [-0.25, -0.2) is 13.4 Å². The molecule has 1 saturated carbocycles. The molecular weight excluding hydrogens is 280 g/mol. The van der Waals surface area contributed by atoms with E-state index < -0.39 is 9.84 Å². The van der Waals surface area contributed by atoms with Gasteiger partial charge in [0.25, 0.3) is 0 Å². The fraction of sp³-hybridized carbons (Fsp3) is 0.583. The molecule has 0 aliphatic heterocycles. The van der Waals surface area contributed by atoms with Crippen molar-refractivity contribution in [1.29, 1.82) is 5.26 Å². The van der Waals surface area contributed by atoms with Gasteiger partial charge in [-0.2, -0.15) is 10.2 Å². The zero-order chi connectivity index (χ0) is 14.8. The van der Waals surface area contributed by atoms with Crippen LogP contribution in [0.4, 0.5) is 5.82 Å². The Kier molecular flexibility index (Phi) is 4.20. The number of hydrogen-bond acceptors (Lipinski definition) is 7. The quantitative estimate of drug-likeness (QED) is 0.779. The van der Waals surface area contributed by atoms with E-state index in [-0.39, 0.29) is 28.7 Å². The summed E-state index contributed by atoms with van der Waals surface area (Å²) < 4.78 is 22.9. The van der Waals surface area contributed by atoms with Gasteiger partial charge in [-0.15, -0.1) is 0 Å². The lowest BCUT2D eigenvalue weighted by Gasteiger charge is -2.26. The molecule has 0 amide bonds. The van der Waals surface area contributed by atoms with E-state index in [1.165, 1.54) is 6.20 Å². The number of aromatic nitrogens is 2. The summed E-state index contributed by atoms with van der Waals surface area (Å²) in [6.45, 7) is 0. The molecule has 0 spiro atoms.